The fraction of sp³-hybridized carbons (Fsp3) is 0.381. The number of amides is 2. The third kappa shape index (κ3) is 4.11. The molecule has 2 heterocycles. The van der Waals surface area contributed by atoms with Gasteiger partial charge in [-0.05, 0) is 44.0 Å². The summed E-state index contributed by atoms with van der Waals surface area (Å²) < 4.78 is 1.64. The van der Waals surface area contributed by atoms with Gasteiger partial charge in [0, 0.05) is 30.6 Å². The molecule has 29 heavy (non-hydrogen) atoms. The number of carbonyl (C=O) groups is 2. The molecular weight excluding hydrogens is 368 g/mol. The standard InChI is InChI=1S/C21H24N6O2/c1-14-20(21(29)23-13-11-19(28)24-15-6-2-3-7-15)25-26-27(14)18-10-4-9-17-16(18)8-5-12-22-17/h4-5,8-10,12,15H,2-3,6-7,11,13H2,1H3,(H,23,29)(H,24,28). The predicted molar refractivity (Wildman–Crippen MR) is 109 cm³/mol. The lowest BCUT2D eigenvalue weighted by molar-refractivity contribution is -0.121. The Kier molecular flexibility index (Phi) is 5.50. The maximum Gasteiger partial charge on any atom is 0.273 e. The zero-order chi connectivity index (χ0) is 20.2. The molecule has 1 aliphatic carbocycles. The molecule has 2 aromatic heterocycles. The lowest BCUT2D eigenvalue weighted by Gasteiger charge is -2.11. The molecule has 0 unspecified atom stereocenters. The first kappa shape index (κ1) is 19.0. The molecule has 1 saturated carbocycles. The lowest BCUT2D eigenvalue weighted by atomic mass is 10.2. The monoisotopic (exact) mass is 392 g/mol. The minimum Gasteiger partial charge on any atom is -0.353 e. The van der Waals surface area contributed by atoms with E-state index in [1.807, 2.05) is 30.3 Å². The van der Waals surface area contributed by atoms with Crippen LogP contribution in [0.2, 0.25) is 0 Å². The summed E-state index contributed by atoms with van der Waals surface area (Å²) in [6.07, 6.45) is 6.42. The van der Waals surface area contributed by atoms with Crippen LogP contribution in [0.25, 0.3) is 16.6 Å². The van der Waals surface area contributed by atoms with Crippen LogP contribution in [0.15, 0.2) is 36.5 Å². The lowest BCUT2D eigenvalue weighted by Crippen LogP contribution is -2.35. The van der Waals surface area contributed by atoms with E-state index >= 15 is 0 Å². The van der Waals surface area contributed by atoms with Gasteiger partial charge in [0.15, 0.2) is 5.69 Å². The van der Waals surface area contributed by atoms with E-state index in [-0.39, 0.29) is 36.5 Å². The maximum atomic E-state index is 12.5. The van der Waals surface area contributed by atoms with Crippen molar-refractivity contribution in [3.63, 3.8) is 0 Å². The molecule has 1 aromatic carbocycles. The van der Waals surface area contributed by atoms with Gasteiger partial charge in [-0.2, -0.15) is 0 Å². The Balaban J connectivity index is 1.41. The van der Waals surface area contributed by atoms with Gasteiger partial charge in [0.1, 0.15) is 0 Å². The van der Waals surface area contributed by atoms with Crippen molar-refractivity contribution >= 4 is 22.7 Å². The quantitative estimate of drug-likeness (QED) is 0.670. The number of hydrogen-bond acceptors (Lipinski definition) is 5. The number of benzene rings is 1. The van der Waals surface area contributed by atoms with Crippen LogP contribution in [0.1, 0.15) is 48.3 Å². The van der Waals surface area contributed by atoms with Crippen molar-refractivity contribution < 1.29 is 9.59 Å². The fourth-order valence-electron chi connectivity index (χ4n) is 3.78. The van der Waals surface area contributed by atoms with Gasteiger partial charge in [0.25, 0.3) is 5.91 Å². The first-order valence-corrected chi connectivity index (χ1v) is 9.97. The second kappa shape index (κ2) is 8.38. The molecule has 8 heteroatoms. The summed E-state index contributed by atoms with van der Waals surface area (Å²) in [6, 6.07) is 9.85. The molecule has 4 rings (SSSR count). The highest BCUT2D eigenvalue weighted by atomic mass is 16.2. The van der Waals surface area contributed by atoms with Crippen molar-refractivity contribution in [1.29, 1.82) is 0 Å². The van der Waals surface area contributed by atoms with Gasteiger partial charge < -0.3 is 10.6 Å². The van der Waals surface area contributed by atoms with Crippen molar-refractivity contribution in [3.05, 3.63) is 47.9 Å². The predicted octanol–water partition coefficient (Wildman–Crippen LogP) is 2.30. The van der Waals surface area contributed by atoms with E-state index in [2.05, 4.69) is 25.9 Å². The molecule has 0 aliphatic heterocycles. The Bertz CT molecular complexity index is 1030. The van der Waals surface area contributed by atoms with Crippen LogP contribution in [0.4, 0.5) is 0 Å². The number of hydrogen-bond donors (Lipinski definition) is 2. The van der Waals surface area contributed by atoms with Crippen LogP contribution < -0.4 is 10.6 Å². The Labute approximate surface area is 168 Å². The fourth-order valence-corrected chi connectivity index (χ4v) is 3.78. The minimum atomic E-state index is -0.333. The molecule has 0 bridgehead atoms. The normalized spacial score (nSPS) is 14.2. The molecule has 1 fully saturated rings. The molecule has 8 nitrogen and oxygen atoms in total. The first-order valence-electron chi connectivity index (χ1n) is 9.97. The zero-order valence-corrected chi connectivity index (χ0v) is 16.4. The van der Waals surface area contributed by atoms with Crippen LogP contribution in [0, 0.1) is 6.92 Å². The summed E-state index contributed by atoms with van der Waals surface area (Å²) in [4.78, 5) is 28.9. The van der Waals surface area contributed by atoms with E-state index in [1.54, 1.807) is 17.8 Å². The number of aromatic nitrogens is 4. The molecule has 0 saturated heterocycles. The van der Waals surface area contributed by atoms with Gasteiger partial charge in [-0.1, -0.05) is 24.1 Å². The van der Waals surface area contributed by atoms with Crippen LogP contribution in [-0.2, 0) is 4.79 Å². The molecule has 1 aliphatic rings. The second-order valence-electron chi connectivity index (χ2n) is 7.34. The van der Waals surface area contributed by atoms with Gasteiger partial charge in [-0.15, -0.1) is 5.10 Å². The molecule has 150 valence electrons. The van der Waals surface area contributed by atoms with Gasteiger partial charge in [-0.25, -0.2) is 4.68 Å². The molecule has 0 spiro atoms. The van der Waals surface area contributed by atoms with Gasteiger partial charge in [0.05, 0.1) is 16.9 Å². The van der Waals surface area contributed by atoms with Gasteiger partial charge >= 0.3 is 0 Å². The van der Waals surface area contributed by atoms with Crippen LogP contribution in [0.5, 0.6) is 0 Å². The number of nitrogens with one attached hydrogen (secondary N) is 2. The Morgan fingerprint density at radius 2 is 2.00 bits per heavy atom. The van der Waals surface area contributed by atoms with Crippen LogP contribution in [0.3, 0.4) is 0 Å². The summed E-state index contributed by atoms with van der Waals surface area (Å²) in [6.45, 7) is 2.07. The zero-order valence-electron chi connectivity index (χ0n) is 16.4. The molecule has 0 atom stereocenters. The first-order chi connectivity index (χ1) is 14.1. The van der Waals surface area contributed by atoms with Crippen LogP contribution >= 0.6 is 0 Å². The average Bonchev–Trinajstić information content (AvgIpc) is 3.37. The van der Waals surface area contributed by atoms with Crippen molar-refractivity contribution in [2.75, 3.05) is 6.54 Å². The van der Waals surface area contributed by atoms with Crippen molar-refractivity contribution in [3.8, 4) is 5.69 Å². The summed E-state index contributed by atoms with van der Waals surface area (Å²) in [5, 5.41) is 14.9. The minimum absolute atomic E-state index is 0.0270. The number of rotatable bonds is 6. The van der Waals surface area contributed by atoms with E-state index in [1.165, 1.54) is 12.8 Å². The van der Waals surface area contributed by atoms with E-state index in [4.69, 9.17) is 0 Å². The number of fused-ring (bicyclic) bond motifs is 1. The number of pyridine rings is 1. The van der Waals surface area contributed by atoms with Crippen molar-refractivity contribution in [2.45, 2.75) is 45.1 Å². The van der Waals surface area contributed by atoms with Gasteiger partial charge in [-0.3, -0.25) is 14.6 Å². The average molecular weight is 392 g/mol. The summed E-state index contributed by atoms with van der Waals surface area (Å²) >= 11 is 0. The Hall–Kier alpha value is -3.29. The molecule has 3 aromatic rings. The maximum absolute atomic E-state index is 12.5. The third-order valence-electron chi connectivity index (χ3n) is 5.32. The van der Waals surface area contributed by atoms with Crippen LogP contribution in [-0.4, -0.2) is 44.4 Å². The summed E-state index contributed by atoms with van der Waals surface area (Å²) in [7, 11) is 0. The molecule has 0 radical (unpaired) electrons. The Morgan fingerprint density at radius 3 is 2.83 bits per heavy atom. The van der Waals surface area contributed by atoms with E-state index in [0.29, 0.717) is 5.69 Å². The summed E-state index contributed by atoms with van der Waals surface area (Å²) in [5.41, 5.74) is 2.55. The summed E-state index contributed by atoms with van der Waals surface area (Å²) in [5.74, 6) is -0.360. The number of carbonyl (C=O) groups excluding carboxylic acids is 2. The van der Waals surface area contributed by atoms with E-state index < -0.39 is 0 Å². The van der Waals surface area contributed by atoms with Gasteiger partial charge in [0.2, 0.25) is 5.91 Å². The van der Waals surface area contributed by atoms with Crippen molar-refractivity contribution in [2.24, 2.45) is 0 Å². The number of nitrogens with zero attached hydrogens (tertiary/aromatic N) is 4. The highest BCUT2D eigenvalue weighted by Gasteiger charge is 2.20. The molecular formula is C21H24N6O2. The van der Waals surface area contributed by atoms with E-state index in [0.717, 1.165) is 29.4 Å². The van der Waals surface area contributed by atoms with Crippen molar-refractivity contribution in [1.82, 2.24) is 30.6 Å². The smallest absolute Gasteiger partial charge is 0.273 e. The topological polar surface area (TPSA) is 102 Å². The molecule has 2 amide bonds. The SMILES string of the molecule is Cc1c(C(=O)NCCC(=O)NC2CCCC2)nnn1-c1cccc2ncccc12. The van der Waals surface area contributed by atoms with E-state index in [9.17, 15) is 9.59 Å². The largest absolute Gasteiger partial charge is 0.353 e. The highest BCUT2D eigenvalue weighted by molar-refractivity contribution is 5.94. The molecule has 2 N–H and O–H groups in total. The third-order valence-corrected chi connectivity index (χ3v) is 5.32. The highest BCUT2D eigenvalue weighted by Crippen LogP contribution is 2.22. The Morgan fingerprint density at radius 1 is 1.17 bits per heavy atom. The second-order valence-corrected chi connectivity index (χ2v) is 7.34.